The average Bonchev–Trinajstić information content (AvgIpc) is 3.18. The second-order valence-electron chi connectivity index (χ2n) is 16.0. The standard InChI is InChI=1S/C49H90O6/c1-4-7-10-13-16-19-21-23-25-27-28-30-33-36-39-42-48(51)54-45-46(44-53-47(50)41-38-35-32-18-15-12-9-6-3)55-49(52)43-40-37-34-31-29-26-24-22-20-17-14-11-8-5-2/h22-25,46H,4-21,26-45H2,1-3H3/b24-22-,25-23-. The molecule has 0 aromatic rings. The fourth-order valence-electron chi connectivity index (χ4n) is 6.78. The molecular formula is C49H90O6. The summed E-state index contributed by atoms with van der Waals surface area (Å²) in [6.07, 6.45) is 48.8. The summed E-state index contributed by atoms with van der Waals surface area (Å²) in [4.78, 5) is 37.7. The van der Waals surface area contributed by atoms with Gasteiger partial charge in [0.2, 0.25) is 0 Å². The van der Waals surface area contributed by atoms with Crippen molar-refractivity contribution in [3.63, 3.8) is 0 Å². The molecule has 1 atom stereocenters. The van der Waals surface area contributed by atoms with Crippen molar-refractivity contribution < 1.29 is 28.6 Å². The third kappa shape index (κ3) is 42.9. The van der Waals surface area contributed by atoms with E-state index in [0.717, 1.165) is 70.6 Å². The molecule has 0 aliphatic heterocycles. The molecule has 6 heteroatoms. The zero-order chi connectivity index (χ0) is 40.1. The zero-order valence-corrected chi connectivity index (χ0v) is 36.7. The van der Waals surface area contributed by atoms with Crippen molar-refractivity contribution in [2.75, 3.05) is 13.2 Å². The first-order valence-corrected chi connectivity index (χ1v) is 23.8. The lowest BCUT2D eigenvalue weighted by molar-refractivity contribution is -0.167. The molecule has 0 spiro atoms. The van der Waals surface area contributed by atoms with E-state index in [1.165, 1.54) is 141 Å². The normalized spacial score (nSPS) is 12.1. The van der Waals surface area contributed by atoms with Gasteiger partial charge in [0.05, 0.1) is 0 Å². The predicted molar refractivity (Wildman–Crippen MR) is 233 cm³/mol. The fourth-order valence-corrected chi connectivity index (χ4v) is 6.78. The maximum atomic E-state index is 12.7. The van der Waals surface area contributed by atoms with E-state index in [9.17, 15) is 14.4 Å². The van der Waals surface area contributed by atoms with Crippen molar-refractivity contribution in [2.45, 2.75) is 258 Å². The van der Waals surface area contributed by atoms with Gasteiger partial charge in [0, 0.05) is 19.3 Å². The number of carbonyl (C=O) groups excluding carboxylic acids is 3. The molecule has 6 nitrogen and oxygen atoms in total. The number of carbonyl (C=O) groups is 3. The average molecular weight is 775 g/mol. The molecule has 55 heavy (non-hydrogen) atoms. The lowest BCUT2D eigenvalue weighted by atomic mass is 10.1. The van der Waals surface area contributed by atoms with Crippen LogP contribution in [-0.4, -0.2) is 37.2 Å². The number of unbranched alkanes of at least 4 members (excludes halogenated alkanes) is 28. The Hall–Kier alpha value is -2.11. The molecule has 0 aliphatic rings. The van der Waals surface area contributed by atoms with Gasteiger partial charge in [-0.05, 0) is 70.6 Å². The summed E-state index contributed by atoms with van der Waals surface area (Å²) in [6.45, 7) is 6.59. The lowest BCUT2D eigenvalue weighted by Crippen LogP contribution is -2.30. The number of hydrogen-bond donors (Lipinski definition) is 0. The molecular weight excluding hydrogens is 685 g/mol. The SMILES string of the molecule is CCCCCCC/C=C\CCCCCCCC(=O)OC(COC(=O)CCCCCCC/C=C\CCCCCCCC)COC(=O)CCCCCCCCCC. The molecule has 0 amide bonds. The van der Waals surface area contributed by atoms with Gasteiger partial charge in [-0.1, -0.05) is 186 Å². The maximum Gasteiger partial charge on any atom is 0.306 e. The van der Waals surface area contributed by atoms with E-state index in [2.05, 4.69) is 45.1 Å². The summed E-state index contributed by atoms with van der Waals surface area (Å²) < 4.78 is 16.7. The highest BCUT2D eigenvalue weighted by atomic mass is 16.6. The number of esters is 3. The highest BCUT2D eigenvalue weighted by Gasteiger charge is 2.19. The van der Waals surface area contributed by atoms with Gasteiger partial charge in [-0.2, -0.15) is 0 Å². The van der Waals surface area contributed by atoms with E-state index in [4.69, 9.17) is 14.2 Å². The van der Waals surface area contributed by atoms with E-state index in [1.54, 1.807) is 0 Å². The first-order valence-electron chi connectivity index (χ1n) is 23.8. The van der Waals surface area contributed by atoms with Crippen LogP contribution in [0.15, 0.2) is 24.3 Å². The molecule has 0 fully saturated rings. The lowest BCUT2D eigenvalue weighted by Gasteiger charge is -2.18. The minimum atomic E-state index is -0.772. The van der Waals surface area contributed by atoms with E-state index in [0.29, 0.717) is 19.3 Å². The van der Waals surface area contributed by atoms with Gasteiger partial charge in [0.15, 0.2) is 6.10 Å². The molecule has 0 N–H and O–H groups in total. The van der Waals surface area contributed by atoms with E-state index >= 15 is 0 Å². The van der Waals surface area contributed by atoms with Crippen LogP contribution in [0.3, 0.4) is 0 Å². The summed E-state index contributed by atoms with van der Waals surface area (Å²) in [5, 5.41) is 0. The summed E-state index contributed by atoms with van der Waals surface area (Å²) in [5.74, 6) is -0.890. The van der Waals surface area contributed by atoms with Crippen LogP contribution >= 0.6 is 0 Å². The monoisotopic (exact) mass is 775 g/mol. The molecule has 0 saturated carbocycles. The molecule has 0 heterocycles. The molecule has 0 rings (SSSR count). The Bertz CT molecular complexity index is 896. The van der Waals surface area contributed by atoms with Crippen molar-refractivity contribution in [3.05, 3.63) is 24.3 Å². The smallest absolute Gasteiger partial charge is 0.306 e. The van der Waals surface area contributed by atoms with E-state index in [-0.39, 0.29) is 31.1 Å². The second-order valence-corrected chi connectivity index (χ2v) is 16.0. The molecule has 0 aromatic heterocycles. The maximum absolute atomic E-state index is 12.7. The Morgan fingerprint density at radius 3 is 0.909 bits per heavy atom. The third-order valence-electron chi connectivity index (χ3n) is 10.4. The molecule has 0 aromatic carbocycles. The van der Waals surface area contributed by atoms with Gasteiger partial charge in [0.1, 0.15) is 13.2 Å². The number of ether oxygens (including phenoxy) is 3. The Morgan fingerprint density at radius 2 is 0.600 bits per heavy atom. The van der Waals surface area contributed by atoms with Crippen molar-refractivity contribution >= 4 is 17.9 Å². The highest BCUT2D eigenvalue weighted by Crippen LogP contribution is 2.14. The van der Waals surface area contributed by atoms with Gasteiger partial charge >= 0.3 is 17.9 Å². The van der Waals surface area contributed by atoms with Gasteiger partial charge in [-0.15, -0.1) is 0 Å². The van der Waals surface area contributed by atoms with Crippen LogP contribution in [-0.2, 0) is 28.6 Å². The Labute approximate surface area is 341 Å². The van der Waals surface area contributed by atoms with Crippen LogP contribution in [0.1, 0.15) is 252 Å². The second kappa shape index (κ2) is 44.6. The zero-order valence-electron chi connectivity index (χ0n) is 36.7. The van der Waals surface area contributed by atoms with Crippen LogP contribution in [0.5, 0.6) is 0 Å². The molecule has 0 bridgehead atoms. The van der Waals surface area contributed by atoms with Crippen LogP contribution in [0.2, 0.25) is 0 Å². The Balaban J connectivity index is 4.33. The predicted octanol–water partition coefficient (Wildman–Crippen LogP) is 15.2. The van der Waals surface area contributed by atoms with Crippen molar-refractivity contribution in [1.82, 2.24) is 0 Å². The van der Waals surface area contributed by atoms with E-state index < -0.39 is 6.10 Å². The van der Waals surface area contributed by atoms with Crippen LogP contribution < -0.4 is 0 Å². The number of rotatable bonds is 43. The molecule has 0 aliphatic carbocycles. The Kier molecular flexibility index (Phi) is 42.9. The quantitative estimate of drug-likeness (QED) is 0.0266. The van der Waals surface area contributed by atoms with Crippen molar-refractivity contribution in [3.8, 4) is 0 Å². The first-order chi connectivity index (χ1) is 27.0. The topological polar surface area (TPSA) is 78.9 Å². The third-order valence-corrected chi connectivity index (χ3v) is 10.4. The minimum absolute atomic E-state index is 0.0749. The summed E-state index contributed by atoms with van der Waals surface area (Å²) >= 11 is 0. The fraction of sp³-hybridized carbons (Fsp3) is 0.857. The molecule has 322 valence electrons. The summed E-state index contributed by atoms with van der Waals surface area (Å²) in [5.41, 5.74) is 0. The van der Waals surface area contributed by atoms with Crippen LogP contribution in [0.4, 0.5) is 0 Å². The van der Waals surface area contributed by atoms with Gasteiger partial charge in [-0.25, -0.2) is 0 Å². The molecule has 0 radical (unpaired) electrons. The molecule has 1 unspecified atom stereocenters. The largest absolute Gasteiger partial charge is 0.462 e. The highest BCUT2D eigenvalue weighted by molar-refractivity contribution is 5.71. The summed E-state index contributed by atoms with van der Waals surface area (Å²) in [6, 6.07) is 0. The Morgan fingerprint density at radius 1 is 0.345 bits per heavy atom. The van der Waals surface area contributed by atoms with Crippen LogP contribution in [0, 0.1) is 0 Å². The van der Waals surface area contributed by atoms with Crippen molar-refractivity contribution in [2.24, 2.45) is 0 Å². The van der Waals surface area contributed by atoms with Gasteiger partial charge in [-0.3, -0.25) is 14.4 Å². The number of allylic oxidation sites excluding steroid dienone is 4. The van der Waals surface area contributed by atoms with Crippen molar-refractivity contribution in [1.29, 1.82) is 0 Å². The molecule has 0 saturated heterocycles. The van der Waals surface area contributed by atoms with Gasteiger partial charge < -0.3 is 14.2 Å². The summed E-state index contributed by atoms with van der Waals surface area (Å²) in [7, 11) is 0. The number of hydrogen-bond acceptors (Lipinski definition) is 6. The van der Waals surface area contributed by atoms with E-state index in [1.807, 2.05) is 0 Å². The minimum Gasteiger partial charge on any atom is -0.462 e. The van der Waals surface area contributed by atoms with Gasteiger partial charge in [0.25, 0.3) is 0 Å². The first kappa shape index (κ1) is 52.9. The van der Waals surface area contributed by atoms with Crippen LogP contribution in [0.25, 0.3) is 0 Å².